The molecule has 2 rings (SSSR count). The smallest absolute Gasteiger partial charge is 0.242 e. The van der Waals surface area contributed by atoms with Crippen LogP contribution in [0.25, 0.3) is 0 Å². The zero-order valence-electron chi connectivity index (χ0n) is 15.0. The zero-order valence-corrected chi connectivity index (χ0v) is 15.8. The van der Waals surface area contributed by atoms with Crippen LogP contribution in [0.15, 0.2) is 24.3 Å². The normalized spacial score (nSPS) is 17.8. The number of piperazine rings is 1. The van der Waals surface area contributed by atoms with Crippen LogP contribution < -0.4 is 10.5 Å². The van der Waals surface area contributed by atoms with Gasteiger partial charge in [-0.15, -0.1) is 12.4 Å². The lowest BCUT2D eigenvalue weighted by atomic mass is 9.95. The number of hydrogen-bond acceptors (Lipinski definition) is 4. The Labute approximate surface area is 151 Å². The van der Waals surface area contributed by atoms with Crippen molar-refractivity contribution in [2.75, 3.05) is 33.3 Å². The molecule has 1 aliphatic rings. The molecule has 0 bridgehead atoms. The first-order chi connectivity index (χ1) is 11.0. The summed E-state index contributed by atoms with van der Waals surface area (Å²) >= 11 is 0. The summed E-state index contributed by atoms with van der Waals surface area (Å²) in [7, 11) is 1.70. The molecule has 0 spiro atoms. The number of nitrogens with two attached hydrogens (primary N) is 1. The van der Waals surface area contributed by atoms with Crippen molar-refractivity contribution in [3.8, 4) is 5.75 Å². The number of methoxy groups -OCH3 is 1. The number of amides is 1. The van der Waals surface area contributed by atoms with Gasteiger partial charge in [-0.25, -0.2) is 0 Å². The largest absolute Gasteiger partial charge is 0.496 e. The van der Waals surface area contributed by atoms with E-state index in [0.717, 1.165) is 51.3 Å². The molecule has 0 aliphatic carbocycles. The molecule has 24 heavy (non-hydrogen) atoms. The third kappa shape index (κ3) is 5.10. The Balaban J connectivity index is 0.00000288. The number of rotatable bonds is 6. The lowest BCUT2D eigenvalue weighted by molar-refractivity contribution is -0.138. The van der Waals surface area contributed by atoms with E-state index >= 15 is 0 Å². The molecule has 1 atom stereocenters. The predicted octanol–water partition coefficient (Wildman–Crippen LogP) is 2.28. The molecule has 6 heteroatoms. The zero-order chi connectivity index (χ0) is 16.9. The molecule has 1 unspecified atom stereocenters. The van der Waals surface area contributed by atoms with Crippen LogP contribution in [0.5, 0.6) is 5.75 Å². The predicted molar refractivity (Wildman–Crippen MR) is 99.6 cm³/mol. The van der Waals surface area contributed by atoms with E-state index in [0.29, 0.717) is 0 Å². The number of para-hydroxylation sites is 1. The maximum atomic E-state index is 12.5. The van der Waals surface area contributed by atoms with E-state index in [-0.39, 0.29) is 18.3 Å². The van der Waals surface area contributed by atoms with Crippen LogP contribution in [-0.2, 0) is 11.3 Å². The SMILES string of the molecule is CCCC(C)(N)C(=O)N1CCN(Cc2ccccc2OC)CC1.Cl. The summed E-state index contributed by atoms with van der Waals surface area (Å²) in [6, 6.07) is 8.09. The maximum absolute atomic E-state index is 12.5. The molecule has 1 fully saturated rings. The number of nitrogens with zero attached hydrogens (tertiary/aromatic N) is 2. The van der Waals surface area contributed by atoms with E-state index in [1.807, 2.05) is 30.0 Å². The second-order valence-electron chi connectivity index (χ2n) is 6.55. The standard InChI is InChI=1S/C18H29N3O2.ClH/c1-4-9-18(2,19)17(22)21-12-10-20(11-13-21)14-15-7-5-6-8-16(15)23-3;/h5-8H,4,9-14,19H2,1-3H3;1H. The van der Waals surface area contributed by atoms with Gasteiger partial charge < -0.3 is 15.4 Å². The third-order valence-corrected chi connectivity index (χ3v) is 4.50. The van der Waals surface area contributed by atoms with Crippen LogP contribution in [0.4, 0.5) is 0 Å². The number of carbonyl (C=O) groups is 1. The molecule has 1 amide bonds. The van der Waals surface area contributed by atoms with Gasteiger partial charge in [0.25, 0.3) is 0 Å². The number of hydrogen-bond donors (Lipinski definition) is 1. The molecular weight excluding hydrogens is 326 g/mol. The van der Waals surface area contributed by atoms with Crippen molar-refractivity contribution >= 4 is 18.3 Å². The summed E-state index contributed by atoms with van der Waals surface area (Å²) in [4.78, 5) is 16.8. The van der Waals surface area contributed by atoms with Gasteiger partial charge in [-0.2, -0.15) is 0 Å². The Bertz CT molecular complexity index is 529. The molecule has 1 aromatic carbocycles. The first-order valence-corrected chi connectivity index (χ1v) is 8.40. The summed E-state index contributed by atoms with van der Waals surface area (Å²) in [6.45, 7) is 7.97. The van der Waals surface area contributed by atoms with Gasteiger partial charge in [-0.05, 0) is 19.4 Å². The van der Waals surface area contributed by atoms with Gasteiger partial charge in [-0.3, -0.25) is 9.69 Å². The van der Waals surface area contributed by atoms with Crippen LogP contribution in [0.1, 0.15) is 32.3 Å². The molecule has 0 radical (unpaired) electrons. The van der Waals surface area contributed by atoms with Crippen LogP contribution in [0.3, 0.4) is 0 Å². The van der Waals surface area contributed by atoms with Crippen molar-refractivity contribution in [2.24, 2.45) is 5.73 Å². The fraction of sp³-hybridized carbons (Fsp3) is 0.611. The fourth-order valence-corrected chi connectivity index (χ4v) is 3.17. The van der Waals surface area contributed by atoms with Crippen LogP contribution in [0.2, 0.25) is 0 Å². The molecular formula is C18H30ClN3O2. The first-order valence-electron chi connectivity index (χ1n) is 8.40. The first kappa shape index (κ1) is 20.7. The Hall–Kier alpha value is -1.30. The van der Waals surface area contributed by atoms with Crippen LogP contribution in [-0.4, -0.2) is 54.5 Å². The average Bonchev–Trinajstić information content (AvgIpc) is 2.55. The molecule has 1 aliphatic heterocycles. The minimum Gasteiger partial charge on any atom is -0.496 e. The molecule has 5 nitrogen and oxygen atoms in total. The summed E-state index contributed by atoms with van der Waals surface area (Å²) in [5, 5.41) is 0. The fourth-order valence-electron chi connectivity index (χ4n) is 3.17. The van der Waals surface area contributed by atoms with Gasteiger partial charge in [0.2, 0.25) is 5.91 Å². The highest BCUT2D eigenvalue weighted by Gasteiger charge is 2.33. The van der Waals surface area contributed by atoms with E-state index in [4.69, 9.17) is 10.5 Å². The van der Waals surface area contributed by atoms with E-state index in [9.17, 15) is 4.79 Å². The van der Waals surface area contributed by atoms with E-state index < -0.39 is 5.54 Å². The topological polar surface area (TPSA) is 58.8 Å². The lowest BCUT2D eigenvalue weighted by Crippen LogP contribution is -2.58. The average molecular weight is 356 g/mol. The molecule has 0 aromatic heterocycles. The summed E-state index contributed by atoms with van der Waals surface area (Å²) < 4.78 is 5.41. The van der Waals surface area contributed by atoms with Crippen LogP contribution in [0, 0.1) is 0 Å². The lowest BCUT2D eigenvalue weighted by Gasteiger charge is -2.38. The van der Waals surface area contributed by atoms with Gasteiger partial charge in [-0.1, -0.05) is 31.5 Å². The van der Waals surface area contributed by atoms with E-state index in [2.05, 4.69) is 17.9 Å². The van der Waals surface area contributed by atoms with E-state index in [1.54, 1.807) is 7.11 Å². The monoisotopic (exact) mass is 355 g/mol. The summed E-state index contributed by atoms with van der Waals surface area (Å²) in [6.07, 6.45) is 1.65. The maximum Gasteiger partial charge on any atom is 0.242 e. The van der Waals surface area contributed by atoms with Crippen molar-refractivity contribution in [1.29, 1.82) is 0 Å². The summed E-state index contributed by atoms with van der Waals surface area (Å²) in [5.74, 6) is 1.000. The molecule has 1 aromatic rings. The minimum absolute atomic E-state index is 0. The van der Waals surface area contributed by atoms with Gasteiger partial charge in [0.15, 0.2) is 0 Å². The van der Waals surface area contributed by atoms with Crippen molar-refractivity contribution in [2.45, 2.75) is 38.8 Å². The number of benzene rings is 1. The molecule has 1 heterocycles. The second kappa shape index (κ2) is 9.25. The summed E-state index contributed by atoms with van der Waals surface area (Å²) in [5.41, 5.74) is 6.62. The highest BCUT2D eigenvalue weighted by molar-refractivity contribution is 5.86. The molecule has 0 saturated carbocycles. The van der Waals surface area contributed by atoms with Gasteiger partial charge in [0.1, 0.15) is 5.75 Å². The highest BCUT2D eigenvalue weighted by Crippen LogP contribution is 2.21. The Kier molecular flexibility index (Phi) is 8.00. The highest BCUT2D eigenvalue weighted by atomic mass is 35.5. The van der Waals surface area contributed by atoms with Crippen molar-refractivity contribution in [3.63, 3.8) is 0 Å². The molecule has 1 saturated heterocycles. The van der Waals surface area contributed by atoms with Gasteiger partial charge in [0, 0.05) is 38.3 Å². The minimum atomic E-state index is -0.737. The Morgan fingerprint density at radius 2 is 1.88 bits per heavy atom. The van der Waals surface area contributed by atoms with Crippen LogP contribution >= 0.6 is 12.4 Å². The van der Waals surface area contributed by atoms with Gasteiger partial charge >= 0.3 is 0 Å². The number of carbonyl (C=O) groups excluding carboxylic acids is 1. The molecule has 2 N–H and O–H groups in total. The van der Waals surface area contributed by atoms with Gasteiger partial charge in [0.05, 0.1) is 12.6 Å². The van der Waals surface area contributed by atoms with Crippen molar-refractivity contribution in [3.05, 3.63) is 29.8 Å². The molecule has 136 valence electrons. The quantitative estimate of drug-likeness (QED) is 0.850. The Morgan fingerprint density at radius 1 is 1.25 bits per heavy atom. The number of halogens is 1. The van der Waals surface area contributed by atoms with E-state index in [1.165, 1.54) is 5.56 Å². The number of ether oxygens (including phenoxy) is 1. The third-order valence-electron chi connectivity index (χ3n) is 4.50. The van der Waals surface area contributed by atoms with Crippen molar-refractivity contribution < 1.29 is 9.53 Å². The Morgan fingerprint density at radius 3 is 2.46 bits per heavy atom. The van der Waals surface area contributed by atoms with Crippen molar-refractivity contribution in [1.82, 2.24) is 9.80 Å². The second-order valence-corrected chi connectivity index (χ2v) is 6.55.